The van der Waals surface area contributed by atoms with Crippen LogP contribution >= 0.6 is 0 Å². The lowest BCUT2D eigenvalue weighted by Crippen LogP contribution is -2.54. The quantitative estimate of drug-likeness (QED) is 0.852. The Balaban J connectivity index is 1.43. The first-order valence-electron chi connectivity index (χ1n) is 9.54. The molecule has 1 atom stereocenters. The van der Waals surface area contributed by atoms with Crippen LogP contribution in [0.2, 0.25) is 0 Å². The van der Waals surface area contributed by atoms with E-state index in [0.29, 0.717) is 0 Å². The van der Waals surface area contributed by atoms with Crippen LogP contribution in [0.3, 0.4) is 0 Å². The van der Waals surface area contributed by atoms with Gasteiger partial charge in [-0.15, -0.1) is 0 Å². The summed E-state index contributed by atoms with van der Waals surface area (Å²) in [4.78, 5) is 17.0. The number of benzene rings is 1. The Hall–Kier alpha value is -1.59. The number of fused-ring (bicyclic) bond motifs is 1. The predicted molar refractivity (Wildman–Crippen MR) is 100 cm³/mol. The van der Waals surface area contributed by atoms with E-state index >= 15 is 0 Å². The molecule has 2 heterocycles. The SMILES string of the molecule is CC(C)NC(=O)C(C)N1CCN(CCc2ccc3c(c2)CCO3)CC1. The maximum absolute atomic E-state index is 12.2. The van der Waals surface area contributed by atoms with Gasteiger partial charge in [0.2, 0.25) is 5.91 Å². The van der Waals surface area contributed by atoms with Gasteiger partial charge in [0.15, 0.2) is 0 Å². The van der Waals surface area contributed by atoms with Crippen LogP contribution in [-0.2, 0) is 17.6 Å². The van der Waals surface area contributed by atoms with Crippen molar-refractivity contribution in [2.75, 3.05) is 39.3 Å². The van der Waals surface area contributed by atoms with Gasteiger partial charge in [0.25, 0.3) is 0 Å². The molecule has 5 heteroatoms. The third-order valence-electron chi connectivity index (χ3n) is 5.24. The second kappa shape index (κ2) is 8.19. The highest BCUT2D eigenvalue weighted by atomic mass is 16.5. The smallest absolute Gasteiger partial charge is 0.237 e. The van der Waals surface area contributed by atoms with Gasteiger partial charge in [0.05, 0.1) is 12.6 Å². The highest BCUT2D eigenvalue weighted by molar-refractivity contribution is 5.81. The molecule has 0 spiro atoms. The molecule has 2 aliphatic rings. The average Bonchev–Trinajstić information content (AvgIpc) is 3.07. The van der Waals surface area contributed by atoms with E-state index in [0.717, 1.165) is 57.9 Å². The maximum Gasteiger partial charge on any atom is 0.237 e. The zero-order valence-electron chi connectivity index (χ0n) is 15.8. The normalized spacial score (nSPS) is 19.5. The molecule has 0 aliphatic carbocycles. The second-order valence-corrected chi connectivity index (χ2v) is 7.51. The third-order valence-corrected chi connectivity index (χ3v) is 5.24. The number of piperazine rings is 1. The Labute approximate surface area is 151 Å². The van der Waals surface area contributed by atoms with Gasteiger partial charge in [-0.05, 0) is 44.4 Å². The summed E-state index contributed by atoms with van der Waals surface area (Å²) >= 11 is 0. The van der Waals surface area contributed by atoms with Crippen molar-refractivity contribution in [3.05, 3.63) is 29.3 Å². The Morgan fingerprint density at radius 3 is 2.68 bits per heavy atom. The van der Waals surface area contributed by atoms with E-state index < -0.39 is 0 Å². The van der Waals surface area contributed by atoms with Crippen molar-refractivity contribution in [1.29, 1.82) is 0 Å². The summed E-state index contributed by atoms with van der Waals surface area (Å²) in [5.74, 6) is 1.20. The number of ether oxygens (including phenoxy) is 1. The number of nitrogens with zero attached hydrogens (tertiary/aromatic N) is 2. The molecule has 0 bridgehead atoms. The molecule has 0 saturated carbocycles. The summed E-state index contributed by atoms with van der Waals surface area (Å²) in [7, 11) is 0. The number of carbonyl (C=O) groups excluding carboxylic acids is 1. The Morgan fingerprint density at radius 2 is 1.96 bits per heavy atom. The van der Waals surface area contributed by atoms with Crippen LogP contribution in [-0.4, -0.2) is 67.1 Å². The molecule has 5 nitrogen and oxygen atoms in total. The Bertz CT molecular complexity index is 595. The fourth-order valence-corrected chi connectivity index (χ4v) is 3.63. The van der Waals surface area contributed by atoms with Crippen LogP contribution in [0.15, 0.2) is 18.2 Å². The number of nitrogens with one attached hydrogen (secondary N) is 1. The minimum Gasteiger partial charge on any atom is -0.493 e. The maximum atomic E-state index is 12.2. The van der Waals surface area contributed by atoms with E-state index in [4.69, 9.17) is 4.74 Å². The lowest BCUT2D eigenvalue weighted by Gasteiger charge is -2.37. The van der Waals surface area contributed by atoms with Gasteiger partial charge in [0, 0.05) is 45.2 Å². The van der Waals surface area contributed by atoms with Crippen LogP contribution < -0.4 is 10.1 Å². The van der Waals surface area contributed by atoms with Crippen molar-refractivity contribution in [1.82, 2.24) is 15.1 Å². The lowest BCUT2D eigenvalue weighted by atomic mass is 10.1. The van der Waals surface area contributed by atoms with Crippen molar-refractivity contribution in [2.24, 2.45) is 0 Å². The van der Waals surface area contributed by atoms with E-state index in [1.165, 1.54) is 11.1 Å². The summed E-state index contributed by atoms with van der Waals surface area (Å²) in [5.41, 5.74) is 2.75. The van der Waals surface area contributed by atoms with Crippen LogP contribution in [0.25, 0.3) is 0 Å². The molecule has 1 unspecified atom stereocenters. The first-order chi connectivity index (χ1) is 12.0. The standard InChI is InChI=1S/C20H31N3O2/c1-15(2)21-20(24)16(3)23-11-9-22(10-12-23)8-6-17-4-5-19-18(14-17)7-13-25-19/h4-5,14-16H,6-13H2,1-3H3,(H,21,24). The molecule has 1 N–H and O–H groups in total. The largest absolute Gasteiger partial charge is 0.493 e. The monoisotopic (exact) mass is 345 g/mol. The first-order valence-corrected chi connectivity index (χ1v) is 9.54. The van der Waals surface area contributed by atoms with E-state index in [1.54, 1.807) is 0 Å². The minimum atomic E-state index is -0.0405. The topological polar surface area (TPSA) is 44.8 Å². The molecule has 1 fully saturated rings. The number of carbonyl (C=O) groups is 1. The summed E-state index contributed by atoms with van der Waals surface area (Å²) in [5, 5.41) is 3.01. The predicted octanol–water partition coefficient (Wildman–Crippen LogP) is 1.69. The summed E-state index contributed by atoms with van der Waals surface area (Å²) in [6.07, 6.45) is 2.12. The highest BCUT2D eigenvalue weighted by Crippen LogP contribution is 2.26. The van der Waals surface area contributed by atoms with Crippen LogP contribution in [0.1, 0.15) is 31.9 Å². The molecule has 1 amide bonds. The highest BCUT2D eigenvalue weighted by Gasteiger charge is 2.25. The van der Waals surface area contributed by atoms with E-state index in [9.17, 15) is 4.79 Å². The molecule has 25 heavy (non-hydrogen) atoms. The summed E-state index contributed by atoms with van der Waals surface area (Å²) in [6, 6.07) is 6.77. The van der Waals surface area contributed by atoms with Gasteiger partial charge in [-0.2, -0.15) is 0 Å². The third kappa shape index (κ3) is 4.73. The second-order valence-electron chi connectivity index (χ2n) is 7.51. The molecule has 0 aromatic heterocycles. The average molecular weight is 345 g/mol. The van der Waals surface area contributed by atoms with Gasteiger partial charge in [-0.25, -0.2) is 0 Å². The van der Waals surface area contributed by atoms with Crippen molar-refractivity contribution >= 4 is 5.91 Å². The minimum absolute atomic E-state index is 0.0405. The van der Waals surface area contributed by atoms with Crippen molar-refractivity contribution in [2.45, 2.75) is 45.7 Å². The van der Waals surface area contributed by atoms with Crippen molar-refractivity contribution < 1.29 is 9.53 Å². The number of hydrogen-bond acceptors (Lipinski definition) is 4. The van der Waals surface area contributed by atoms with Crippen molar-refractivity contribution in [3.8, 4) is 5.75 Å². The zero-order chi connectivity index (χ0) is 17.8. The van der Waals surface area contributed by atoms with Gasteiger partial charge < -0.3 is 15.0 Å². The van der Waals surface area contributed by atoms with Gasteiger partial charge >= 0.3 is 0 Å². The number of rotatable bonds is 6. The summed E-state index contributed by atoms with van der Waals surface area (Å²) < 4.78 is 5.58. The molecule has 1 saturated heterocycles. The Kier molecular flexibility index (Phi) is 5.97. The molecule has 1 aromatic carbocycles. The molecular weight excluding hydrogens is 314 g/mol. The van der Waals surface area contributed by atoms with E-state index in [-0.39, 0.29) is 18.0 Å². The van der Waals surface area contributed by atoms with Crippen LogP contribution in [0, 0.1) is 0 Å². The molecule has 3 rings (SSSR count). The van der Waals surface area contributed by atoms with Crippen LogP contribution in [0.4, 0.5) is 0 Å². The van der Waals surface area contributed by atoms with Gasteiger partial charge in [-0.3, -0.25) is 9.69 Å². The molecule has 0 radical (unpaired) electrons. The molecule has 138 valence electrons. The van der Waals surface area contributed by atoms with Gasteiger partial charge in [-0.1, -0.05) is 12.1 Å². The van der Waals surface area contributed by atoms with E-state index in [2.05, 4.69) is 33.3 Å². The number of hydrogen-bond donors (Lipinski definition) is 1. The fourth-order valence-electron chi connectivity index (χ4n) is 3.63. The Morgan fingerprint density at radius 1 is 1.20 bits per heavy atom. The zero-order valence-corrected chi connectivity index (χ0v) is 15.8. The molecule has 1 aromatic rings. The number of amides is 1. The van der Waals surface area contributed by atoms with Crippen molar-refractivity contribution in [3.63, 3.8) is 0 Å². The fraction of sp³-hybridized carbons (Fsp3) is 0.650. The summed E-state index contributed by atoms with van der Waals surface area (Å²) in [6.45, 7) is 11.9. The van der Waals surface area contributed by atoms with Crippen LogP contribution in [0.5, 0.6) is 5.75 Å². The molecular formula is C20H31N3O2. The van der Waals surface area contributed by atoms with E-state index in [1.807, 2.05) is 20.8 Å². The molecule has 2 aliphatic heterocycles. The first kappa shape index (κ1) is 18.2. The lowest BCUT2D eigenvalue weighted by molar-refractivity contribution is -0.127. The van der Waals surface area contributed by atoms with Gasteiger partial charge in [0.1, 0.15) is 5.75 Å².